The molecule has 0 spiro atoms. The molecule has 0 radical (unpaired) electrons. The Labute approximate surface area is 173 Å². The lowest BCUT2D eigenvalue weighted by atomic mass is 9.88. The summed E-state index contributed by atoms with van der Waals surface area (Å²) in [6.45, 7) is -0.620. The number of ether oxygens (including phenoxy) is 3. The molecule has 8 nitrogen and oxygen atoms in total. The van der Waals surface area contributed by atoms with Gasteiger partial charge in [0.15, 0.2) is 18.1 Å². The predicted molar refractivity (Wildman–Crippen MR) is 106 cm³/mol. The summed E-state index contributed by atoms with van der Waals surface area (Å²) in [6.07, 6.45) is 2.84. The van der Waals surface area contributed by atoms with Crippen molar-refractivity contribution in [3.8, 4) is 11.5 Å². The van der Waals surface area contributed by atoms with Gasteiger partial charge >= 0.3 is 5.97 Å². The van der Waals surface area contributed by atoms with E-state index in [1.165, 1.54) is 5.56 Å². The number of nitrogens with one attached hydrogen (secondary N) is 2. The van der Waals surface area contributed by atoms with Gasteiger partial charge in [0.1, 0.15) is 6.54 Å². The van der Waals surface area contributed by atoms with Crippen molar-refractivity contribution in [1.29, 1.82) is 0 Å². The molecule has 2 N–H and O–H groups in total. The Bertz CT molecular complexity index is 974. The predicted octanol–water partition coefficient (Wildman–Crippen LogP) is 1.88. The molecule has 156 valence electrons. The van der Waals surface area contributed by atoms with Crippen LogP contribution in [0.3, 0.4) is 0 Å². The maximum absolute atomic E-state index is 12.2. The number of carbonyl (C=O) groups excluding carboxylic acids is 3. The maximum atomic E-state index is 12.2. The Morgan fingerprint density at radius 1 is 1.07 bits per heavy atom. The van der Waals surface area contributed by atoms with Crippen molar-refractivity contribution in [3.05, 3.63) is 59.2 Å². The summed E-state index contributed by atoms with van der Waals surface area (Å²) >= 11 is 0. The maximum Gasteiger partial charge on any atom is 0.325 e. The average Bonchev–Trinajstić information content (AvgIpc) is 3.24. The second-order valence-corrected chi connectivity index (χ2v) is 7.12. The third-order valence-corrected chi connectivity index (χ3v) is 5.10. The molecular formula is C22H22N2O6. The number of hydrogen-bond acceptors (Lipinski definition) is 6. The minimum absolute atomic E-state index is 0.0770. The highest BCUT2D eigenvalue weighted by Gasteiger charge is 2.22. The van der Waals surface area contributed by atoms with Gasteiger partial charge < -0.3 is 24.8 Å². The lowest BCUT2D eigenvalue weighted by Crippen LogP contribution is -2.36. The first-order valence-electron chi connectivity index (χ1n) is 9.81. The number of benzene rings is 2. The topological polar surface area (TPSA) is 103 Å². The summed E-state index contributed by atoms with van der Waals surface area (Å²) in [6, 6.07) is 12.7. The van der Waals surface area contributed by atoms with Gasteiger partial charge in [-0.15, -0.1) is 0 Å². The van der Waals surface area contributed by atoms with Crippen molar-refractivity contribution in [1.82, 2.24) is 10.6 Å². The second kappa shape index (κ2) is 8.86. The molecule has 1 aliphatic carbocycles. The van der Waals surface area contributed by atoms with Gasteiger partial charge in [0.2, 0.25) is 6.79 Å². The molecule has 30 heavy (non-hydrogen) atoms. The van der Waals surface area contributed by atoms with Gasteiger partial charge in [-0.05, 0) is 48.6 Å². The Hall–Kier alpha value is -3.55. The third-order valence-electron chi connectivity index (χ3n) is 5.10. The molecule has 2 amide bonds. The standard InChI is InChI=1S/C22H22N2O6/c25-20(24-17-7-3-5-14-4-1-2-6-16(14)17)12-28-21(26)11-23-22(27)15-8-9-18-19(10-15)30-13-29-18/h1-2,4,6,8-10,17H,3,5,7,11-13H2,(H,23,27)(H,24,25)/t17-/m0/s1. The quantitative estimate of drug-likeness (QED) is 0.705. The number of aryl methyl sites for hydroxylation is 1. The largest absolute Gasteiger partial charge is 0.454 e. The molecule has 8 heteroatoms. The van der Waals surface area contributed by atoms with Gasteiger partial charge in [0.25, 0.3) is 11.8 Å². The van der Waals surface area contributed by atoms with Crippen molar-refractivity contribution in [3.63, 3.8) is 0 Å². The van der Waals surface area contributed by atoms with Gasteiger partial charge in [-0.2, -0.15) is 0 Å². The normalized spacial score (nSPS) is 16.3. The second-order valence-electron chi connectivity index (χ2n) is 7.12. The van der Waals surface area contributed by atoms with Crippen LogP contribution in [0.4, 0.5) is 0 Å². The van der Waals surface area contributed by atoms with Gasteiger partial charge in [0.05, 0.1) is 6.04 Å². The summed E-state index contributed by atoms with van der Waals surface area (Å²) in [5.74, 6) is -0.465. The van der Waals surface area contributed by atoms with Crippen LogP contribution in [0, 0.1) is 0 Å². The van der Waals surface area contributed by atoms with E-state index >= 15 is 0 Å². The van der Waals surface area contributed by atoms with E-state index in [4.69, 9.17) is 14.2 Å². The lowest BCUT2D eigenvalue weighted by molar-refractivity contribution is -0.147. The zero-order chi connectivity index (χ0) is 20.9. The first-order valence-corrected chi connectivity index (χ1v) is 9.81. The molecule has 2 aromatic rings. The first kappa shape index (κ1) is 19.8. The highest BCUT2D eigenvalue weighted by Crippen LogP contribution is 2.32. The highest BCUT2D eigenvalue weighted by atomic mass is 16.7. The highest BCUT2D eigenvalue weighted by molar-refractivity contribution is 5.96. The van der Waals surface area contributed by atoms with Crippen LogP contribution < -0.4 is 20.1 Å². The molecule has 0 aromatic heterocycles. The van der Waals surface area contributed by atoms with Gasteiger partial charge in [0, 0.05) is 5.56 Å². The van der Waals surface area contributed by atoms with E-state index in [1.54, 1.807) is 18.2 Å². The van der Waals surface area contributed by atoms with Crippen LogP contribution in [-0.4, -0.2) is 37.7 Å². The molecule has 0 fully saturated rings. The molecule has 0 bridgehead atoms. The van der Waals surface area contributed by atoms with Crippen molar-refractivity contribution >= 4 is 17.8 Å². The molecule has 1 aliphatic heterocycles. The fourth-order valence-electron chi connectivity index (χ4n) is 3.63. The number of hydrogen-bond donors (Lipinski definition) is 2. The number of carbonyl (C=O) groups is 3. The van der Waals surface area contributed by atoms with E-state index in [0.29, 0.717) is 17.1 Å². The zero-order valence-corrected chi connectivity index (χ0v) is 16.3. The van der Waals surface area contributed by atoms with Gasteiger partial charge in [-0.3, -0.25) is 14.4 Å². The molecule has 0 saturated heterocycles. The van der Waals surface area contributed by atoms with Crippen molar-refractivity contribution in [2.24, 2.45) is 0 Å². The Balaban J connectivity index is 1.21. The summed E-state index contributed by atoms with van der Waals surface area (Å²) in [5, 5.41) is 5.38. The van der Waals surface area contributed by atoms with Crippen molar-refractivity contribution in [2.75, 3.05) is 19.9 Å². The molecule has 2 aliphatic rings. The molecule has 4 rings (SSSR count). The van der Waals surface area contributed by atoms with Crippen LogP contribution in [-0.2, 0) is 20.7 Å². The van der Waals surface area contributed by atoms with E-state index in [9.17, 15) is 14.4 Å². The molecule has 1 heterocycles. The Kier molecular flexibility index (Phi) is 5.83. The van der Waals surface area contributed by atoms with Crippen molar-refractivity contribution in [2.45, 2.75) is 25.3 Å². The molecule has 0 unspecified atom stereocenters. The van der Waals surface area contributed by atoms with E-state index in [2.05, 4.69) is 16.7 Å². The summed E-state index contributed by atoms with van der Waals surface area (Å²) in [4.78, 5) is 36.3. The first-order chi connectivity index (χ1) is 14.6. The number of esters is 1. The van der Waals surface area contributed by atoms with Gasteiger partial charge in [-0.25, -0.2) is 0 Å². The Morgan fingerprint density at radius 3 is 2.80 bits per heavy atom. The molecule has 0 saturated carbocycles. The summed E-state index contributed by atoms with van der Waals surface area (Å²) in [7, 11) is 0. The van der Waals surface area contributed by atoms with Crippen molar-refractivity contribution < 1.29 is 28.6 Å². The van der Waals surface area contributed by atoms with E-state index in [1.807, 2.05) is 18.2 Å². The van der Waals surface area contributed by atoms with Crippen LogP contribution in [0.15, 0.2) is 42.5 Å². The van der Waals surface area contributed by atoms with E-state index < -0.39 is 18.5 Å². The van der Waals surface area contributed by atoms with Crippen LogP contribution in [0.1, 0.15) is 40.4 Å². The fraction of sp³-hybridized carbons (Fsp3) is 0.318. The average molecular weight is 410 g/mol. The molecule has 2 aromatic carbocycles. The van der Waals surface area contributed by atoms with E-state index in [-0.39, 0.29) is 25.3 Å². The lowest BCUT2D eigenvalue weighted by Gasteiger charge is -2.26. The fourth-order valence-corrected chi connectivity index (χ4v) is 3.63. The Morgan fingerprint density at radius 2 is 1.90 bits per heavy atom. The zero-order valence-electron chi connectivity index (χ0n) is 16.3. The smallest absolute Gasteiger partial charge is 0.325 e. The van der Waals surface area contributed by atoms with Crippen LogP contribution in [0.25, 0.3) is 0 Å². The SMILES string of the molecule is O=C(COC(=O)CNC(=O)c1ccc2c(c1)OCO2)N[C@H]1CCCc2ccccc21. The number of fused-ring (bicyclic) bond motifs is 2. The molecule has 1 atom stereocenters. The van der Waals surface area contributed by atoms with Crippen LogP contribution in [0.5, 0.6) is 11.5 Å². The summed E-state index contributed by atoms with van der Waals surface area (Å²) < 4.78 is 15.4. The van der Waals surface area contributed by atoms with Gasteiger partial charge in [-0.1, -0.05) is 24.3 Å². The number of amides is 2. The van der Waals surface area contributed by atoms with Crippen LogP contribution >= 0.6 is 0 Å². The minimum atomic E-state index is -0.691. The van der Waals surface area contributed by atoms with E-state index in [0.717, 1.165) is 24.8 Å². The monoisotopic (exact) mass is 410 g/mol. The minimum Gasteiger partial charge on any atom is -0.454 e. The third kappa shape index (κ3) is 4.53. The number of rotatable bonds is 6. The van der Waals surface area contributed by atoms with Crippen LogP contribution in [0.2, 0.25) is 0 Å². The summed E-state index contributed by atoms with van der Waals surface area (Å²) in [5.41, 5.74) is 2.68. The molecular weight excluding hydrogens is 388 g/mol.